The lowest BCUT2D eigenvalue weighted by molar-refractivity contribution is -0.132. The molecule has 1 saturated heterocycles. The molecule has 1 aliphatic rings. The number of hydrogen-bond acceptors (Lipinski definition) is 3. The SMILES string of the molecule is C[C@@H](OCc1ccccc1)C(=O)NC[C@H](c1cccc(Cl)c1)N1CCCC1. The van der Waals surface area contributed by atoms with Crippen molar-refractivity contribution in [1.29, 1.82) is 0 Å². The van der Waals surface area contributed by atoms with E-state index in [1.807, 2.05) is 48.5 Å². The fourth-order valence-electron chi connectivity index (χ4n) is 3.44. The van der Waals surface area contributed by atoms with Crippen LogP contribution in [-0.4, -0.2) is 36.5 Å². The highest BCUT2D eigenvalue weighted by molar-refractivity contribution is 6.30. The van der Waals surface area contributed by atoms with Crippen molar-refractivity contribution in [3.63, 3.8) is 0 Å². The Kier molecular flexibility index (Phi) is 7.27. The van der Waals surface area contributed by atoms with E-state index in [1.54, 1.807) is 6.92 Å². The summed E-state index contributed by atoms with van der Waals surface area (Å²) in [7, 11) is 0. The zero-order valence-electron chi connectivity index (χ0n) is 15.7. The Balaban J connectivity index is 1.56. The van der Waals surface area contributed by atoms with Crippen LogP contribution in [0.2, 0.25) is 5.02 Å². The summed E-state index contributed by atoms with van der Waals surface area (Å²) in [6.45, 7) is 4.88. The summed E-state index contributed by atoms with van der Waals surface area (Å²) in [6, 6.07) is 17.9. The van der Waals surface area contributed by atoms with E-state index in [9.17, 15) is 4.79 Å². The largest absolute Gasteiger partial charge is 0.364 e. The van der Waals surface area contributed by atoms with Gasteiger partial charge in [-0.05, 0) is 56.1 Å². The van der Waals surface area contributed by atoms with E-state index in [4.69, 9.17) is 16.3 Å². The van der Waals surface area contributed by atoms with Crippen LogP contribution in [0.25, 0.3) is 0 Å². The van der Waals surface area contributed by atoms with Crippen molar-refractivity contribution in [3.8, 4) is 0 Å². The normalized spacial score (nSPS) is 16.8. The van der Waals surface area contributed by atoms with Gasteiger partial charge in [-0.1, -0.05) is 54.1 Å². The first-order valence-corrected chi connectivity index (χ1v) is 9.94. The molecule has 0 aliphatic carbocycles. The van der Waals surface area contributed by atoms with Crippen molar-refractivity contribution in [1.82, 2.24) is 10.2 Å². The van der Waals surface area contributed by atoms with Crippen LogP contribution in [0.4, 0.5) is 0 Å². The third kappa shape index (κ3) is 5.80. The standard InChI is InChI=1S/C22H27ClN2O2/c1-17(27-16-18-8-3-2-4-9-18)22(26)24-15-21(25-12-5-6-13-25)19-10-7-11-20(23)14-19/h2-4,7-11,14,17,21H,5-6,12-13,15-16H2,1H3,(H,24,26)/t17-,21-/m1/s1. The second-order valence-electron chi connectivity index (χ2n) is 7.00. The summed E-state index contributed by atoms with van der Waals surface area (Å²) >= 11 is 6.18. The van der Waals surface area contributed by atoms with Crippen LogP contribution in [0.1, 0.15) is 36.9 Å². The number of benzene rings is 2. The molecule has 0 saturated carbocycles. The molecule has 1 aliphatic heterocycles. The zero-order valence-corrected chi connectivity index (χ0v) is 16.5. The lowest BCUT2D eigenvalue weighted by Crippen LogP contribution is -2.41. The molecule has 0 unspecified atom stereocenters. The van der Waals surface area contributed by atoms with Crippen molar-refractivity contribution in [2.75, 3.05) is 19.6 Å². The maximum Gasteiger partial charge on any atom is 0.248 e. The number of hydrogen-bond donors (Lipinski definition) is 1. The van der Waals surface area contributed by atoms with Crippen molar-refractivity contribution in [2.24, 2.45) is 0 Å². The van der Waals surface area contributed by atoms with E-state index in [-0.39, 0.29) is 11.9 Å². The molecule has 1 amide bonds. The van der Waals surface area contributed by atoms with Crippen LogP contribution in [0.5, 0.6) is 0 Å². The Morgan fingerprint density at radius 3 is 2.59 bits per heavy atom. The van der Waals surface area contributed by atoms with Crippen LogP contribution in [0.3, 0.4) is 0 Å². The maximum atomic E-state index is 12.5. The highest BCUT2D eigenvalue weighted by atomic mass is 35.5. The molecule has 2 aromatic carbocycles. The van der Waals surface area contributed by atoms with Gasteiger partial charge < -0.3 is 10.1 Å². The second kappa shape index (κ2) is 9.88. The summed E-state index contributed by atoms with van der Waals surface area (Å²) in [5.41, 5.74) is 2.20. The van der Waals surface area contributed by atoms with Gasteiger partial charge in [-0.3, -0.25) is 9.69 Å². The maximum absolute atomic E-state index is 12.5. The van der Waals surface area contributed by atoms with Crippen molar-refractivity contribution < 1.29 is 9.53 Å². The molecule has 27 heavy (non-hydrogen) atoms. The minimum Gasteiger partial charge on any atom is -0.364 e. The Labute approximate surface area is 166 Å². The predicted octanol–water partition coefficient (Wildman–Crippen LogP) is 4.20. The summed E-state index contributed by atoms with van der Waals surface area (Å²) in [6.07, 6.45) is 1.90. The molecule has 5 heteroatoms. The van der Waals surface area contributed by atoms with Gasteiger partial charge in [0.05, 0.1) is 12.6 Å². The van der Waals surface area contributed by atoms with E-state index in [0.29, 0.717) is 13.2 Å². The Morgan fingerprint density at radius 2 is 1.89 bits per heavy atom. The number of ether oxygens (including phenoxy) is 1. The van der Waals surface area contributed by atoms with Gasteiger partial charge >= 0.3 is 0 Å². The molecular formula is C22H27ClN2O2. The lowest BCUT2D eigenvalue weighted by Gasteiger charge is -2.29. The molecule has 0 spiro atoms. The van der Waals surface area contributed by atoms with Gasteiger partial charge in [0.2, 0.25) is 5.91 Å². The topological polar surface area (TPSA) is 41.6 Å². The zero-order chi connectivity index (χ0) is 19.1. The van der Waals surface area contributed by atoms with E-state index in [2.05, 4.69) is 16.3 Å². The third-order valence-electron chi connectivity index (χ3n) is 5.00. The number of carbonyl (C=O) groups is 1. The molecule has 2 aromatic rings. The predicted molar refractivity (Wildman–Crippen MR) is 109 cm³/mol. The number of rotatable bonds is 8. The van der Waals surface area contributed by atoms with E-state index in [0.717, 1.165) is 29.2 Å². The molecule has 2 atom stereocenters. The minimum absolute atomic E-state index is 0.0860. The fourth-order valence-corrected chi connectivity index (χ4v) is 3.64. The molecule has 1 N–H and O–H groups in total. The number of nitrogens with one attached hydrogen (secondary N) is 1. The van der Waals surface area contributed by atoms with E-state index < -0.39 is 6.10 Å². The van der Waals surface area contributed by atoms with Crippen LogP contribution >= 0.6 is 11.6 Å². The smallest absolute Gasteiger partial charge is 0.248 e. The molecular weight excluding hydrogens is 360 g/mol. The number of amides is 1. The molecule has 4 nitrogen and oxygen atoms in total. The van der Waals surface area contributed by atoms with Crippen molar-refractivity contribution in [3.05, 3.63) is 70.7 Å². The number of halogens is 1. The minimum atomic E-state index is -0.496. The van der Waals surface area contributed by atoms with Crippen LogP contribution < -0.4 is 5.32 Å². The first-order chi connectivity index (χ1) is 13.1. The quantitative estimate of drug-likeness (QED) is 0.739. The number of nitrogens with zero attached hydrogens (tertiary/aromatic N) is 1. The van der Waals surface area contributed by atoms with Gasteiger partial charge in [0.1, 0.15) is 6.10 Å². The molecule has 0 bridgehead atoms. The number of carbonyl (C=O) groups excluding carboxylic acids is 1. The Morgan fingerprint density at radius 1 is 1.15 bits per heavy atom. The van der Waals surface area contributed by atoms with Gasteiger partial charge in [0.25, 0.3) is 0 Å². The van der Waals surface area contributed by atoms with Gasteiger partial charge in [-0.2, -0.15) is 0 Å². The molecule has 0 radical (unpaired) electrons. The van der Waals surface area contributed by atoms with Crippen molar-refractivity contribution in [2.45, 2.75) is 38.5 Å². The summed E-state index contributed by atoms with van der Waals surface area (Å²) < 4.78 is 5.73. The van der Waals surface area contributed by atoms with Gasteiger partial charge in [-0.25, -0.2) is 0 Å². The Bertz CT molecular complexity index is 732. The average molecular weight is 387 g/mol. The first-order valence-electron chi connectivity index (χ1n) is 9.56. The average Bonchev–Trinajstić information content (AvgIpc) is 3.21. The molecule has 1 fully saturated rings. The van der Waals surface area contributed by atoms with E-state index >= 15 is 0 Å². The van der Waals surface area contributed by atoms with Crippen LogP contribution in [0.15, 0.2) is 54.6 Å². The second-order valence-corrected chi connectivity index (χ2v) is 7.43. The molecule has 144 valence electrons. The van der Waals surface area contributed by atoms with Crippen LogP contribution in [0, 0.1) is 0 Å². The first kappa shape index (κ1) is 19.9. The third-order valence-corrected chi connectivity index (χ3v) is 5.23. The van der Waals surface area contributed by atoms with Gasteiger partial charge in [0, 0.05) is 11.6 Å². The van der Waals surface area contributed by atoms with Gasteiger partial charge in [0.15, 0.2) is 0 Å². The van der Waals surface area contributed by atoms with Crippen molar-refractivity contribution >= 4 is 17.5 Å². The monoisotopic (exact) mass is 386 g/mol. The summed E-state index contributed by atoms with van der Waals surface area (Å²) in [5.74, 6) is -0.0860. The fraction of sp³-hybridized carbons (Fsp3) is 0.409. The molecule has 3 rings (SSSR count). The number of likely N-dealkylation sites (tertiary alicyclic amines) is 1. The van der Waals surface area contributed by atoms with E-state index in [1.165, 1.54) is 12.8 Å². The highest BCUT2D eigenvalue weighted by Crippen LogP contribution is 2.26. The molecule has 1 heterocycles. The van der Waals surface area contributed by atoms with Crippen LogP contribution in [-0.2, 0) is 16.1 Å². The summed E-state index contributed by atoms with van der Waals surface area (Å²) in [4.78, 5) is 14.9. The molecule has 0 aromatic heterocycles. The highest BCUT2D eigenvalue weighted by Gasteiger charge is 2.25. The lowest BCUT2D eigenvalue weighted by atomic mass is 10.1. The summed E-state index contributed by atoms with van der Waals surface area (Å²) in [5, 5.41) is 3.79. The Hall–Kier alpha value is -1.88. The van der Waals surface area contributed by atoms with Gasteiger partial charge in [-0.15, -0.1) is 0 Å².